The van der Waals surface area contributed by atoms with Crippen molar-refractivity contribution in [1.82, 2.24) is 15.1 Å². The van der Waals surface area contributed by atoms with E-state index in [-0.39, 0.29) is 11.0 Å². The van der Waals surface area contributed by atoms with Gasteiger partial charge in [-0.3, -0.25) is 14.8 Å². The van der Waals surface area contributed by atoms with E-state index in [9.17, 15) is 4.79 Å². The summed E-state index contributed by atoms with van der Waals surface area (Å²) < 4.78 is 2.42. The molecule has 2 aromatic rings. The van der Waals surface area contributed by atoms with Crippen LogP contribution in [-0.4, -0.2) is 20.8 Å². The molecule has 0 aliphatic rings. The number of carbonyl (C=O) groups excluding carboxylic acids is 1. The van der Waals surface area contributed by atoms with Crippen molar-refractivity contribution in [3.8, 4) is 0 Å². The van der Waals surface area contributed by atoms with Gasteiger partial charge in [0.05, 0.1) is 17.4 Å². The number of aryl methyl sites for hydroxylation is 1. The number of benzene rings is 1. The Hall–Kier alpha value is -1.73. The van der Waals surface area contributed by atoms with Crippen LogP contribution < -0.4 is 10.6 Å². The van der Waals surface area contributed by atoms with Crippen molar-refractivity contribution >= 4 is 44.9 Å². The standard InChI is InChI=1S/C12H11BrN4OS/c1-17-7-8(6-14-17)11(18)16-12(19)15-10-5-3-2-4-9(10)13/h2-7H,1H3,(H2,15,16,18,19). The summed E-state index contributed by atoms with van der Waals surface area (Å²) in [5.41, 5.74) is 1.25. The number of anilines is 1. The first-order valence-corrected chi connectivity index (χ1v) is 6.62. The largest absolute Gasteiger partial charge is 0.331 e. The van der Waals surface area contributed by atoms with Gasteiger partial charge in [0.1, 0.15) is 0 Å². The molecule has 0 unspecified atom stereocenters. The van der Waals surface area contributed by atoms with Gasteiger partial charge in [0.15, 0.2) is 5.11 Å². The Morgan fingerprint density at radius 1 is 1.42 bits per heavy atom. The molecule has 19 heavy (non-hydrogen) atoms. The molecule has 1 aromatic heterocycles. The minimum Gasteiger partial charge on any atom is -0.331 e. The van der Waals surface area contributed by atoms with Crippen LogP contribution in [0.1, 0.15) is 10.4 Å². The third-order valence-corrected chi connectivity index (χ3v) is 3.21. The van der Waals surface area contributed by atoms with Crippen molar-refractivity contribution in [3.05, 3.63) is 46.7 Å². The van der Waals surface area contributed by atoms with Crippen LogP contribution in [0.5, 0.6) is 0 Å². The summed E-state index contributed by atoms with van der Waals surface area (Å²) in [6, 6.07) is 7.51. The van der Waals surface area contributed by atoms with Gasteiger partial charge >= 0.3 is 0 Å². The second-order valence-electron chi connectivity index (χ2n) is 3.79. The number of para-hydroxylation sites is 1. The lowest BCUT2D eigenvalue weighted by molar-refractivity contribution is 0.0977. The summed E-state index contributed by atoms with van der Waals surface area (Å²) in [6.45, 7) is 0. The Morgan fingerprint density at radius 2 is 2.16 bits per heavy atom. The number of hydrogen-bond acceptors (Lipinski definition) is 3. The van der Waals surface area contributed by atoms with E-state index >= 15 is 0 Å². The van der Waals surface area contributed by atoms with Gasteiger partial charge in [-0.2, -0.15) is 5.10 Å². The van der Waals surface area contributed by atoms with Gasteiger partial charge in [-0.25, -0.2) is 0 Å². The molecule has 1 heterocycles. The summed E-state index contributed by atoms with van der Waals surface area (Å²) in [5.74, 6) is -0.294. The van der Waals surface area contributed by atoms with Crippen molar-refractivity contribution in [2.45, 2.75) is 0 Å². The minimum atomic E-state index is -0.294. The first-order chi connectivity index (χ1) is 9.06. The smallest absolute Gasteiger partial charge is 0.260 e. The van der Waals surface area contributed by atoms with Crippen molar-refractivity contribution in [2.75, 3.05) is 5.32 Å². The van der Waals surface area contributed by atoms with Crippen LogP contribution in [0.4, 0.5) is 5.69 Å². The average Bonchev–Trinajstić information content (AvgIpc) is 2.79. The van der Waals surface area contributed by atoms with Gasteiger partial charge in [0.2, 0.25) is 0 Å². The molecule has 1 aromatic carbocycles. The Labute approximate surface area is 124 Å². The van der Waals surface area contributed by atoms with Crippen LogP contribution in [0.3, 0.4) is 0 Å². The maximum absolute atomic E-state index is 11.8. The lowest BCUT2D eigenvalue weighted by Gasteiger charge is -2.10. The van der Waals surface area contributed by atoms with Gasteiger partial charge in [-0.1, -0.05) is 12.1 Å². The normalized spacial score (nSPS) is 10.0. The van der Waals surface area contributed by atoms with E-state index in [1.165, 1.54) is 6.20 Å². The molecule has 1 amide bonds. The molecule has 7 heteroatoms. The number of nitrogens with zero attached hydrogens (tertiary/aromatic N) is 2. The molecule has 5 nitrogen and oxygen atoms in total. The second-order valence-corrected chi connectivity index (χ2v) is 5.05. The van der Waals surface area contributed by atoms with Crippen molar-refractivity contribution < 1.29 is 4.79 Å². The first-order valence-electron chi connectivity index (χ1n) is 5.42. The molecule has 2 rings (SSSR count). The van der Waals surface area contributed by atoms with E-state index in [1.807, 2.05) is 24.3 Å². The maximum Gasteiger partial charge on any atom is 0.260 e. The number of halogens is 1. The van der Waals surface area contributed by atoms with Gasteiger partial charge < -0.3 is 5.32 Å². The zero-order valence-corrected chi connectivity index (χ0v) is 12.5. The lowest BCUT2D eigenvalue weighted by atomic mass is 10.3. The van der Waals surface area contributed by atoms with E-state index < -0.39 is 0 Å². The molecule has 0 atom stereocenters. The van der Waals surface area contributed by atoms with Gasteiger partial charge in [-0.05, 0) is 40.3 Å². The van der Waals surface area contributed by atoms with E-state index in [2.05, 4.69) is 31.7 Å². The number of thiocarbonyl (C=S) groups is 1. The summed E-state index contributed by atoms with van der Waals surface area (Å²) in [6.07, 6.45) is 3.10. The van der Waals surface area contributed by atoms with Crippen molar-refractivity contribution in [2.24, 2.45) is 7.05 Å². The molecule has 0 aliphatic heterocycles. The molecule has 0 bridgehead atoms. The first kappa shape index (κ1) is 13.7. The van der Waals surface area contributed by atoms with Crippen molar-refractivity contribution in [3.63, 3.8) is 0 Å². The zero-order valence-electron chi connectivity index (χ0n) is 10.1. The fourth-order valence-electron chi connectivity index (χ4n) is 1.43. The maximum atomic E-state index is 11.8. The van der Waals surface area contributed by atoms with Crippen LogP contribution in [0.25, 0.3) is 0 Å². The predicted molar refractivity (Wildman–Crippen MR) is 81.0 cm³/mol. The SMILES string of the molecule is Cn1cc(C(=O)NC(=S)Nc2ccccc2Br)cn1. The fraction of sp³-hybridized carbons (Fsp3) is 0.0833. The quantitative estimate of drug-likeness (QED) is 0.825. The molecule has 98 valence electrons. The minimum absolute atomic E-state index is 0.237. The van der Waals surface area contributed by atoms with Crippen LogP contribution >= 0.6 is 28.1 Å². The molecule has 0 radical (unpaired) electrons. The molecular formula is C12H11BrN4OS. The fourth-order valence-corrected chi connectivity index (χ4v) is 2.02. The topological polar surface area (TPSA) is 59.0 Å². The van der Waals surface area contributed by atoms with Gasteiger partial charge in [0, 0.05) is 17.7 Å². The molecule has 0 aliphatic carbocycles. The summed E-state index contributed by atoms with van der Waals surface area (Å²) in [4.78, 5) is 11.8. The highest BCUT2D eigenvalue weighted by Crippen LogP contribution is 2.20. The van der Waals surface area contributed by atoms with Crippen LogP contribution in [-0.2, 0) is 7.05 Å². The number of nitrogens with one attached hydrogen (secondary N) is 2. The molecule has 2 N–H and O–H groups in total. The van der Waals surface area contributed by atoms with E-state index in [4.69, 9.17) is 12.2 Å². The monoisotopic (exact) mass is 338 g/mol. The van der Waals surface area contributed by atoms with E-state index in [1.54, 1.807) is 17.9 Å². The highest BCUT2D eigenvalue weighted by atomic mass is 79.9. The third kappa shape index (κ3) is 3.62. The van der Waals surface area contributed by atoms with Gasteiger partial charge in [-0.15, -0.1) is 0 Å². The molecule has 0 saturated carbocycles. The lowest BCUT2D eigenvalue weighted by Crippen LogP contribution is -2.34. The number of amides is 1. The Morgan fingerprint density at radius 3 is 2.79 bits per heavy atom. The number of aromatic nitrogens is 2. The zero-order chi connectivity index (χ0) is 13.8. The van der Waals surface area contributed by atoms with Crippen LogP contribution in [0.15, 0.2) is 41.1 Å². The molecule has 0 fully saturated rings. The number of hydrogen-bond donors (Lipinski definition) is 2. The Kier molecular flexibility index (Phi) is 4.28. The molecule has 0 spiro atoms. The Balaban J connectivity index is 1.99. The summed E-state index contributed by atoms with van der Waals surface area (Å²) in [5, 5.41) is 9.70. The van der Waals surface area contributed by atoms with Crippen molar-refractivity contribution in [1.29, 1.82) is 0 Å². The molecule has 0 saturated heterocycles. The highest BCUT2D eigenvalue weighted by molar-refractivity contribution is 9.10. The molecular weight excluding hydrogens is 328 g/mol. The highest BCUT2D eigenvalue weighted by Gasteiger charge is 2.10. The van der Waals surface area contributed by atoms with Gasteiger partial charge in [0.25, 0.3) is 5.91 Å². The number of rotatable bonds is 2. The summed E-state index contributed by atoms with van der Waals surface area (Å²) in [7, 11) is 1.74. The van der Waals surface area contributed by atoms with E-state index in [0.29, 0.717) is 5.56 Å². The second kappa shape index (κ2) is 5.94. The predicted octanol–water partition coefficient (Wildman–Crippen LogP) is 2.31. The van der Waals surface area contributed by atoms with Crippen LogP contribution in [0.2, 0.25) is 0 Å². The van der Waals surface area contributed by atoms with E-state index in [0.717, 1.165) is 10.2 Å². The van der Waals surface area contributed by atoms with Crippen LogP contribution in [0, 0.1) is 0 Å². The number of carbonyl (C=O) groups is 1. The third-order valence-electron chi connectivity index (χ3n) is 2.32. The summed E-state index contributed by atoms with van der Waals surface area (Å²) >= 11 is 8.48. The Bertz CT molecular complexity index is 626. The average molecular weight is 339 g/mol.